The first-order valence-corrected chi connectivity index (χ1v) is 9.64. The average Bonchev–Trinajstić information content (AvgIpc) is 3.27. The van der Waals surface area contributed by atoms with E-state index in [9.17, 15) is 9.18 Å². The molecule has 6 N–H and O–H groups in total. The third kappa shape index (κ3) is 4.23. The van der Waals surface area contributed by atoms with Crippen LogP contribution in [0.4, 0.5) is 21.7 Å². The normalized spacial score (nSPS) is 18.7. The number of hydrogen-bond acceptors (Lipinski definition) is 8. The van der Waals surface area contributed by atoms with Crippen molar-refractivity contribution in [2.24, 2.45) is 11.5 Å². The van der Waals surface area contributed by atoms with Crippen LogP contribution in [0.3, 0.4) is 0 Å². The van der Waals surface area contributed by atoms with Gasteiger partial charge in [-0.2, -0.15) is 0 Å². The van der Waals surface area contributed by atoms with Gasteiger partial charge in [-0.3, -0.25) is 9.78 Å². The van der Waals surface area contributed by atoms with Crippen LogP contribution in [-0.2, 0) is 0 Å². The lowest BCUT2D eigenvalue weighted by Gasteiger charge is -2.30. The van der Waals surface area contributed by atoms with E-state index < -0.39 is 11.7 Å². The second-order valence-electron chi connectivity index (χ2n) is 7.23. The van der Waals surface area contributed by atoms with Gasteiger partial charge in [-0.05, 0) is 25.0 Å². The van der Waals surface area contributed by atoms with Crippen LogP contribution in [0.5, 0.6) is 0 Å². The standard InChI is InChI=1S/C20H22FN7O2/c21-14-6-13(18(23)29)19(28-20(14)27-16-4-2-1-3-15(16)22)26-12-5-11(7-24-8-12)17-9-25-10-30-17/h5-10,15-16H,1-4,22H2,(H2,23,29)(H2,26,27,28)/t15-,16+/m0/s1. The molecule has 1 aliphatic carbocycles. The van der Waals surface area contributed by atoms with E-state index in [0.29, 0.717) is 17.0 Å². The molecule has 0 aliphatic heterocycles. The Labute approximate surface area is 172 Å². The van der Waals surface area contributed by atoms with Crippen LogP contribution < -0.4 is 22.1 Å². The molecule has 1 amide bonds. The number of carbonyl (C=O) groups is 1. The van der Waals surface area contributed by atoms with Crippen LogP contribution in [0.2, 0.25) is 0 Å². The second kappa shape index (κ2) is 8.46. The van der Waals surface area contributed by atoms with Crippen LogP contribution >= 0.6 is 0 Å². The predicted molar refractivity (Wildman–Crippen MR) is 110 cm³/mol. The van der Waals surface area contributed by atoms with E-state index in [1.807, 2.05) is 0 Å². The van der Waals surface area contributed by atoms with Crippen LogP contribution in [0.25, 0.3) is 11.3 Å². The lowest BCUT2D eigenvalue weighted by molar-refractivity contribution is 0.100. The highest BCUT2D eigenvalue weighted by molar-refractivity contribution is 5.98. The summed E-state index contributed by atoms with van der Waals surface area (Å²) in [6, 6.07) is 2.63. The minimum Gasteiger partial charge on any atom is -0.443 e. The van der Waals surface area contributed by atoms with Gasteiger partial charge in [0.1, 0.15) is 5.82 Å². The van der Waals surface area contributed by atoms with Crippen LogP contribution in [-0.4, -0.2) is 32.9 Å². The number of nitrogens with two attached hydrogens (primary N) is 2. The van der Waals surface area contributed by atoms with Crippen molar-refractivity contribution in [2.45, 2.75) is 37.8 Å². The van der Waals surface area contributed by atoms with Gasteiger partial charge in [0.25, 0.3) is 5.91 Å². The highest BCUT2D eigenvalue weighted by atomic mass is 19.1. The van der Waals surface area contributed by atoms with Gasteiger partial charge in [-0.1, -0.05) is 12.8 Å². The first-order valence-electron chi connectivity index (χ1n) is 9.64. The van der Waals surface area contributed by atoms with E-state index in [1.54, 1.807) is 24.7 Å². The quantitative estimate of drug-likeness (QED) is 0.484. The molecule has 0 unspecified atom stereocenters. The number of amides is 1. The summed E-state index contributed by atoms with van der Waals surface area (Å²) in [6.07, 6.45) is 9.78. The van der Waals surface area contributed by atoms with Crippen molar-refractivity contribution in [1.29, 1.82) is 0 Å². The Morgan fingerprint density at radius 1 is 1.13 bits per heavy atom. The molecule has 4 rings (SSSR count). The summed E-state index contributed by atoms with van der Waals surface area (Å²) in [5.74, 6) is -0.802. The molecule has 3 aromatic rings. The molecule has 3 aromatic heterocycles. The summed E-state index contributed by atoms with van der Waals surface area (Å²) in [5.41, 5.74) is 12.7. The van der Waals surface area contributed by atoms with Crippen molar-refractivity contribution in [3.8, 4) is 11.3 Å². The second-order valence-corrected chi connectivity index (χ2v) is 7.23. The molecule has 156 valence electrons. The number of halogens is 1. The van der Waals surface area contributed by atoms with E-state index in [4.69, 9.17) is 15.9 Å². The molecule has 1 aliphatic rings. The fraction of sp³-hybridized carbons (Fsp3) is 0.300. The maximum atomic E-state index is 14.6. The number of nitrogens with one attached hydrogen (secondary N) is 2. The number of pyridine rings is 2. The monoisotopic (exact) mass is 411 g/mol. The van der Waals surface area contributed by atoms with Gasteiger partial charge in [0.2, 0.25) is 0 Å². The molecule has 10 heteroatoms. The van der Waals surface area contributed by atoms with Gasteiger partial charge in [-0.15, -0.1) is 0 Å². The summed E-state index contributed by atoms with van der Waals surface area (Å²) in [6.45, 7) is 0. The van der Waals surface area contributed by atoms with Crippen LogP contribution in [0, 0.1) is 5.82 Å². The van der Waals surface area contributed by atoms with Gasteiger partial charge in [0.15, 0.2) is 23.8 Å². The zero-order valence-electron chi connectivity index (χ0n) is 16.1. The molecule has 2 atom stereocenters. The zero-order valence-corrected chi connectivity index (χ0v) is 16.1. The third-order valence-corrected chi connectivity index (χ3v) is 5.10. The summed E-state index contributed by atoms with van der Waals surface area (Å²) in [4.78, 5) is 24.2. The fourth-order valence-electron chi connectivity index (χ4n) is 3.53. The van der Waals surface area contributed by atoms with Crippen LogP contribution in [0.1, 0.15) is 36.0 Å². The fourth-order valence-corrected chi connectivity index (χ4v) is 3.53. The van der Waals surface area contributed by atoms with Crippen molar-refractivity contribution in [3.63, 3.8) is 0 Å². The van der Waals surface area contributed by atoms with E-state index >= 15 is 0 Å². The Morgan fingerprint density at radius 3 is 2.70 bits per heavy atom. The van der Waals surface area contributed by atoms with Gasteiger partial charge in [0, 0.05) is 23.8 Å². The molecular formula is C20H22FN7O2. The maximum Gasteiger partial charge on any atom is 0.252 e. The Hall–Kier alpha value is -3.53. The SMILES string of the molecule is NC(=O)c1cc(F)c(N[C@@H]2CCCC[C@@H]2N)nc1Nc1cncc(-c2cnco2)c1. The lowest BCUT2D eigenvalue weighted by atomic mass is 9.91. The molecular weight excluding hydrogens is 389 g/mol. The lowest BCUT2D eigenvalue weighted by Crippen LogP contribution is -2.43. The van der Waals surface area contributed by atoms with E-state index in [2.05, 4.69) is 25.6 Å². The topological polar surface area (TPSA) is 145 Å². The summed E-state index contributed by atoms with van der Waals surface area (Å²) < 4.78 is 19.9. The Balaban J connectivity index is 1.64. The molecule has 30 heavy (non-hydrogen) atoms. The number of nitrogens with zero attached hydrogens (tertiary/aromatic N) is 3. The number of primary amides is 1. The predicted octanol–water partition coefficient (Wildman–Crippen LogP) is 2.80. The highest BCUT2D eigenvalue weighted by Gasteiger charge is 2.24. The van der Waals surface area contributed by atoms with Gasteiger partial charge in [0.05, 0.1) is 23.6 Å². The molecule has 1 saturated carbocycles. The van der Waals surface area contributed by atoms with Crippen molar-refractivity contribution in [1.82, 2.24) is 15.0 Å². The molecule has 0 radical (unpaired) electrons. The van der Waals surface area contributed by atoms with E-state index in [0.717, 1.165) is 31.7 Å². The number of anilines is 3. The Bertz CT molecular complexity index is 1040. The average molecular weight is 411 g/mol. The van der Waals surface area contributed by atoms with Crippen molar-refractivity contribution >= 4 is 23.2 Å². The van der Waals surface area contributed by atoms with Gasteiger partial charge in [-0.25, -0.2) is 14.4 Å². The largest absolute Gasteiger partial charge is 0.443 e. The minimum absolute atomic E-state index is 0.0178. The van der Waals surface area contributed by atoms with E-state index in [-0.39, 0.29) is 29.3 Å². The molecule has 0 aromatic carbocycles. The smallest absolute Gasteiger partial charge is 0.252 e. The number of hydrogen-bond donors (Lipinski definition) is 4. The molecule has 3 heterocycles. The Kier molecular flexibility index (Phi) is 5.57. The molecule has 0 spiro atoms. The number of rotatable bonds is 6. The van der Waals surface area contributed by atoms with Gasteiger partial charge < -0.3 is 26.5 Å². The van der Waals surface area contributed by atoms with Crippen LogP contribution in [0.15, 0.2) is 41.5 Å². The summed E-state index contributed by atoms with van der Waals surface area (Å²) in [5, 5.41) is 6.08. The first-order chi connectivity index (χ1) is 14.5. The van der Waals surface area contributed by atoms with E-state index in [1.165, 1.54) is 6.39 Å². The van der Waals surface area contributed by atoms with Crippen molar-refractivity contribution in [3.05, 3.63) is 48.5 Å². The molecule has 0 bridgehead atoms. The maximum absolute atomic E-state index is 14.6. The van der Waals surface area contributed by atoms with Crippen molar-refractivity contribution in [2.75, 3.05) is 10.6 Å². The highest BCUT2D eigenvalue weighted by Crippen LogP contribution is 2.28. The molecule has 0 saturated heterocycles. The van der Waals surface area contributed by atoms with Crippen molar-refractivity contribution < 1.29 is 13.6 Å². The number of carbonyl (C=O) groups excluding carboxylic acids is 1. The Morgan fingerprint density at radius 2 is 1.97 bits per heavy atom. The minimum atomic E-state index is -0.802. The first kappa shape index (κ1) is 19.8. The zero-order chi connectivity index (χ0) is 21.1. The third-order valence-electron chi connectivity index (χ3n) is 5.10. The molecule has 9 nitrogen and oxygen atoms in total. The van der Waals surface area contributed by atoms with Gasteiger partial charge >= 0.3 is 0 Å². The summed E-state index contributed by atoms with van der Waals surface area (Å²) in [7, 11) is 0. The summed E-state index contributed by atoms with van der Waals surface area (Å²) >= 11 is 0. The number of oxazole rings is 1. The molecule has 1 fully saturated rings. The number of aromatic nitrogens is 3.